The molecular formula is C61H41FN2O2. The summed E-state index contributed by atoms with van der Waals surface area (Å²) in [4.78, 5) is 4.27. The van der Waals surface area contributed by atoms with Gasteiger partial charge in [-0.2, -0.15) is 0 Å². The second-order valence-corrected chi connectivity index (χ2v) is 17.8. The molecule has 0 N–H and O–H groups in total. The van der Waals surface area contributed by atoms with Gasteiger partial charge in [-0.1, -0.05) is 117 Å². The molecule has 10 aromatic carbocycles. The molecule has 0 spiro atoms. The number of rotatable bonds is 7. The molecule has 0 unspecified atom stereocenters. The maximum atomic E-state index is 16.8. The fraction of sp³-hybridized carbons (Fsp3) is 0.0492. The van der Waals surface area contributed by atoms with Gasteiger partial charge in [-0.05, 0) is 142 Å². The monoisotopic (exact) mass is 852 g/mol. The van der Waals surface area contributed by atoms with E-state index >= 15 is 4.39 Å². The van der Waals surface area contributed by atoms with Gasteiger partial charge in [-0.25, -0.2) is 4.39 Å². The minimum Gasteiger partial charge on any atom is -0.456 e. The molecule has 4 nitrogen and oxygen atoms in total. The number of hydrogen-bond donors (Lipinski definition) is 0. The van der Waals surface area contributed by atoms with Crippen molar-refractivity contribution in [2.45, 2.75) is 19.3 Å². The number of benzene rings is 10. The summed E-state index contributed by atoms with van der Waals surface area (Å²) < 4.78 is 30.6. The lowest BCUT2D eigenvalue weighted by Crippen LogP contribution is -2.17. The van der Waals surface area contributed by atoms with E-state index in [2.05, 4.69) is 164 Å². The van der Waals surface area contributed by atoms with Gasteiger partial charge in [-0.3, -0.25) is 0 Å². The minimum atomic E-state index is -0.317. The molecule has 0 saturated carbocycles. The summed E-state index contributed by atoms with van der Waals surface area (Å²) >= 11 is 0. The zero-order valence-electron chi connectivity index (χ0n) is 36.3. The number of ether oxygens (including phenoxy) is 2. The summed E-state index contributed by atoms with van der Waals surface area (Å²) in [6.45, 7) is 4.54. The standard InChI is InChI=1S/C61H41FN2O2/c1-61(2)51-21-13-12-20-45(51)46-26-23-42(35-52(46)61)64(54-31-22-39(34-53(54)62)38-14-6-3-7-15-38)44-25-28-48-50-30-32-55-59-49(29-33-56(60(50)59)66-58(48)37-44)47-27-24-43(36-57(47)65-55)63(40-16-8-4-9-17-40)41-18-10-5-11-19-41/h3-37H,1-2H3. The third-order valence-electron chi connectivity index (χ3n) is 13.7. The molecule has 0 atom stereocenters. The van der Waals surface area contributed by atoms with Crippen molar-refractivity contribution < 1.29 is 13.9 Å². The molecule has 3 aliphatic rings. The van der Waals surface area contributed by atoms with Crippen LogP contribution in [0.4, 0.5) is 38.5 Å². The van der Waals surface area contributed by atoms with E-state index < -0.39 is 0 Å². The van der Waals surface area contributed by atoms with Crippen molar-refractivity contribution in [3.8, 4) is 67.5 Å². The molecule has 0 fully saturated rings. The Hall–Kier alpha value is -8.41. The Kier molecular flexibility index (Phi) is 8.40. The van der Waals surface area contributed by atoms with Crippen LogP contribution in [0.1, 0.15) is 25.0 Å². The molecule has 10 aromatic rings. The first-order valence-electron chi connectivity index (χ1n) is 22.4. The average Bonchev–Trinajstić information content (AvgIpc) is 3.59. The maximum absolute atomic E-state index is 16.8. The number of halogens is 1. The lowest BCUT2D eigenvalue weighted by atomic mass is 9.82. The highest BCUT2D eigenvalue weighted by molar-refractivity contribution is 6.14. The minimum absolute atomic E-state index is 0.234. The topological polar surface area (TPSA) is 24.9 Å². The van der Waals surface area contributed by atoms with Crippen molar-refractivity contribution in [3.63, 3.8) is 0 Å². The second-order valence-electron chi connectivity index (χ2n) is 17.8. The molecule has 2 heterocycles. The quantitative estimate of drug-likeness (QED) is 0.159. The summed E-state index contributed by atoms with van der Waals surface area (Å²) in [6, 6.07) is 72.6. The molecule has 0 saturated heterocycles. The smallest absolute Gasteiger partial charge is 0.147 e. The predicted octanol–water partition coefficient (Wildman–Crippen LogP) is 17.4. The Bertz CT molecular complexity index is 3550. The molecule has 0 amide bonds. The Morgan fingerprint density at radius 2 is 0.833 bits per heavy atom. The van der Waals surface area contributed by atoms with E-state index in [4.69, 9.17) is 9.47 Å². The van der Waals surface area contributed by atoms with E-state index in [1.807, 2.05) is 65.6 Å². The normalized spacial score (nSPS) is 13.1. The molecule has 0 bridgehead atoms. The highest BCUT2D eigenvalue weighted by Gasteiger charge is 2.36. The Balaban J connectivity index is 0.914. The van der Waals surface area contributed by atoms with Crippen molar-refractivity contribution in [1.82, 2.24) is 0 Å². The van der Waals surface area contributed by atoms with Crippen LogP contribution in [-0.4, -0.2) is 0 Å². The van der Waals surface area contributed by atoms with Crippen molar-refractivity contribution >= 4 is 44.9 Å². The number of anilines is 6. The van der Waals surface area contributed by atoms with Gasteiger partial charge in [0.05, 0.1) is 5.69 Å². The summed E-state index contributed by atoms with van der Waals surface area (Å²) in [5.41, 5.74) is 15.9. The molecule has 2 aliphatic heterocycles. The van der Waals surface area contributed by atoms with E-state index in [0.717, 1.165) is 89.8 Å². The summed E-state index contributed by atoms with van der Waals surface area (Å²) in [5.74, 6) is 2.71. The first-order valence-corrected chi connectivity index (χ1v) is 22.4. The van der Waals surface area contributed by atoms with E-state index in [-0.39, 0.29) is 11.2 Å². The van der Waals surface area contributed by atoms with Crippen molar-refractivity contribution in [2.24, 2.45) is 0 Å². The van der Waals surface area contributed by atoms with Crippen LogP contribution in [0.15, 0.2) is 212 Å². The van der Waals surface area contributed by atoms with Crippen molar-refractivity contribution in [1.29, 1.82) is 0 Å². The van der Waals surface area contributed by atoms with Gasteiger partial charge in [0, 0.05) is 67.9 Å². The van der Waals surface area contributed by atoms with Crippen LogP contribution in [0.3, 0.4) is 0 Å². The van der Waals surface area contributed by atoms with Crippen LogP contribution >= 0.6 is 0 Å². The van der Waals surface area contributed by atoms with E-state index in [9.17, 15) is 0 Å². The zero-order valence-corrected chi connectivity index (χ0v) is 36.3. The third-order valence-corrected chi connectivity index (χ3v) is 13.7. The SMILES string of the molecule is CC1(C)c2ccccc2-c2ccc(N(c3ccc4c(c3)Oc3ccc5c6c(ccc-4c36)Oc3cc(N(c4ccccc4)c4ccccc4)ccc3-5)c3ccc(-c4ccccc4)cc3F)cc21. The zero-order chi connectivity index (χ0) is 44.1. The van der Waals surface area contributed by atoms with Crippen LogP contribution in [0.2, 0.25) is 0 Å². The van der Waals surface area contributed by atoms with Gasteiger partial charge in [0.15, 0.2) is 0 Å². The molecule has 0 radical (unpaired) electrons. The van der Waals surface area contributed by atoms with E-state index in [1.165, 1.54) is 22.3 Å². The van der Waals surface area contributed by atoms with Crippen LogP contribution in [-0.2, 0) is 5.41 Å². The number of hydrogen-bond acceptors (Lipinski definition) is 4. The molecule has 13 rings (SSSR count). The number of para-hydroxylation sites is 2. The third kappa shape index (κ3) is 5.83. The second kappa shape index (κ2) is 14.6. The Morgan fingerprint density at radius 3 is 1.42 bits per heavy atom. The summed E-state index contributed by atoms with van der Waals surface area (Å²) in [6.07, 6.45) is 0. The first-order chi connectivity index (χ1) is 32.4. The van der Waals surface area contributed by atoms with Crippen LogP contribution in [0.5, 0.6) is 23.0 Å². The molecule has 1 aliphatic carbocycles. The molecule has 5 heteroatoms. The van der Waals surface area contributed by atoms with Gasteiger partial charge in [0.1, 0.15) is 28.8 Å². The molecule has 0 aromatic heterocycles. The van der Waals surface area contributed by atoms with Crippen molar-refractivity contribution in [2.75, 3.05) is 9.80 Å². The Morgan fingerprint density at radius 1 is 0.348 bits per heavy atom. The molecular weight excluding hydrogens is 812 g/mol. The van der Waals surface area contributed by atoms with E-state index in [0.29, 0.717) is 11.4 Å². The fourth-order valence-corrected chi connectivity index (χ4v) is 10.6. The first kappa shape index (κ1) is 38.1. The fourth-order valence-electron chi connectivity index (χ4n) is 10.6. The summed E-state index contributed by atoms with van der Waals surface area (Å²) in [7, 11) is 0. The lowest BCUT2D eigenvalue weighted by molar-refractivity contribution is 0.480. The van der Waals surface area contributed by atoms with E-state index in [1.54, 1.807) is 6.07 Å². The van der Waals surface area contributed by atoms with Crippen LogP contribution in [0, 0.1) is 5.82 Å². The van der Waals surface area contributed by atoms with Crippen LogP contribution in [0.25, 0.3) is 55.3 Å². The van der Waals surface area contributed by atoms with Gasteiger partial charge in [0.25, 0.3) is 0 Å². The van der Waals surface area contributed by atoms with Gasteiger partial charge in [-0.15, -0.1) is 0 Å². The largest absolute Gasteiger partial charge is 0.456 e. The van der Waals surface area contributed by atoms with Gasteiger partial charge >= 0.3 is 0 Å². The maximum Gasteiger partial charge on any atom is 0.147 e. The highest BCUT2D eigenvalue weighted by Crippen LogP contribution is 2.57. The van der Waals surface area contributed by atoms with Crippen LogP contribution < -0.4 is 19.3 Å². The molecule has 66 heavy (non-hydrogen) atoms. The lowest BCUT2D eigenvalue weighted by Gasteiger charge is -2.31. The molecule has 314 valence electrons. The van der Waals surface area contributed by atoms with Gasteiger partial charge < -0.3 is 19.3 Å². The van der Waals surface area contributed by atoms with Crippen molar-refractivity contribution in [3.05, 3.63) is 229 Å². The number of nitrogens with zero attached hydrogens (tertiary/aromatic N) is 2. The summed E-state index contributed by atoms with van der Waals surface area (Å²) in [5, 5.41) is 2.03. The predicted molar refractivity (Wildman–Crippen MR) is 267 cm³/mol. The number of fused-ring (bicyclic) bond motifs is 7. The Labute approximate surface area is 383 Å². The average molecular weight is 853 g/mol. The van der Waals surface area contributed by atoms with Gasteiger partial charge in [0.2, 0.25) is 0 Å². The highest BCUT2D eigenvalue weighted by atomic mass is 19.1.